The molecular weight excluding hydrogens is 340 g/mol. The van der Waals surface area contributed by atoms with Crippen LogP contribution in [0.4, 0.5) is 5.69 Å². The number of hydrogen-bond acceptors (Lipinski definition) is 3. The van der Waals surface area contributed by atoms with E-state index in [1.807, 2.05) is 18.2 Å². The normalized spacial score (nSPS) is 15.1. The molecule has 0 bridgehead atoms. The second-order valence-corrected chi connectivity index (χ2v) is 6.48. The van der Waals surface area contributed by atoms with Crippen molar-refractivity contribution in [3.63, 3.8) is 0 Å². The van der Waals surface area contributed by atoms with Gasteiger partial charge >= 0.3 is 0 Å². The van der Waals surface area contributed by atoms with Gasteiger partial charge in [-0.25, -0.2) is 0 Å². The Balaban J connectivity index is 1.93. The molecule has 1 amide bonds. The second kappa shape index (κ2) is 8.61. The number of ether oxygens (including phenoxy) is 1. The summed E-state index contributed by atoms with van der Waals surface area (Å²) in [6.45, 7) is 2.13. The van der Waals surface area contributed by atoms with E-state index in [-0.39, 0.29) is 5.91 Å². The van der Waals surface area contributed by atoms with E-state index in [1.54, 1.807) is 25.4 Å². The maximum atomic E-state index is 12.5. The first-order chi connectivity index (χ1) is 13.1. The molecule has 27 heavy (non-hydrogen) atoms. The van der Waals surface area contributed by atoms with Crippen LogP contribution < -0.4 is 10.1 Å². The van der Waals surface area contributed by atoms with Crippen molar-refractivity contribution in [2.75, 3.05) is 12.4 Å². The molecule has 0 saturated heterocycles. The number of methoxy groups -OCH3 is 1. The van der Waals surface area contributed by atoms with E-state index >= 15 is 0 Å². The van der Waals surface area contributed by atoms with Crippen molar-refractivity contribution in [1.29, 1.82) is 0 Å². The number of H-pyrrole nitrogens is 1. The summed E-state index contributed by atoms with van der Waals surface area (Å²) >= 11 is 0. The Morgan fingerprint density at radius 3 is 2.93 bits per heavy atom. The summed E-state index contributed by atoms with van der Waals surface area (Å²) in [7, 11) is 1.59. The monoisotopic (exact) mass is 364 g/mol. The minimum absolute atomic E-state index is 0.181. The molecule has 1 atom stereocenters. The number of fused-ring (bicyclic) bond motifs is 1. The number of anilines is 1. The number of aliphatic hydroxyl groups is 1. The lowest BCUT2D eigenvalue weighted by Gasteiger charge is -2.04. The number of carbonyl (C=O) groups excluding carboxylic acids is 1. The molecule has 5 heteroatoms. The number of hydrogen-bond donors (Lipinski definition) is 3. The van der Waals surface area contributed by atoms with Gasteiger partial charge in [0.05, 0.1) is 24.1 Å². The molecule has 0 radical (unpaired) electrons. The molecule has 1 aromatic heterocycles. The molecule has 1 aliphatic heterocycles. The standard InChI is InChI=1S/C22H24N2O3/c1-3-4-5-8-16(25)11-10-15-7-6-9-18-21(15)17(22(26)24-18)14-19-20(27-2)12-13-23-19/h6-7,9,12-14,16,23,25H,3-5,8H2,1-2H3,(H,24,26)/t16-/m1/s1. The first-order valence-corrected chi connectivity index (χ1v) is 9.21. The highest BCUT2D eigenvalue weighted by molar-refractivity contribution is 6.35. The first-order valence-electron chi connectivity index (χ1n) is 9.21. The molecule has 3 N–H and O–H groups in total. The van der Waals surface area contributed by atoms with E-state index in [9.17, 15) is 9.90 Å². The van der Waals surface area contributed by atoms with Crippen LogP contribution in [-0.4, -0.2) is 29.2 Å². The van der Waals surface area contributed by atoms with E-state index in [0.29, 0.717) is 17.7 Å². The maximum absolute atomic E-state index is 12.5. The summed E-state index contributed by atoms with van der Waals surface area (Å²) < 4.78 is 5.31. The van der Waals surface area contributed by atoms with Crippen LogP contribution in [0.3, 0.4) is 0 Å². The van der Waals surface area contributed by atoms with Gasteiger partial charge in [-0.2, -0.15) is 0 Å². The third kappa shape index (κ3) is 4.24. The Hall–Kier alpha value is -2.97. The van der Waals surface area contributed by atoms with Crippen LogP contribution in [0.25, 0.3) is 11.6 Å². The fourth-order valence-electron chi connectivity index (χ4n) is 3.12. The molecule has 5 nitrogen and oxygen atoms in total. The molecule has 140 valence electrons. The smallest absolute Gasteiger partial charge is 0.256 e. The van der Waals surface area contributed by atoms with E-state index in [4.69, 9.17) is 4.74 Å². The summed E-state index contributed by atoms with van der Waals surface area (Å²) in [4.78, 5) is 15.6. The number of aromatic nitrogens is 1. The highest BCUT2D eigenvalue weighted by atomic mass is 16.5. The van der Waals surface area contributed by atoms with Gasteiger partial charge in [0, 0.05) is 17.3 Å². The number of rotatable bonds is 6. The van der Waals surface area contributed by atoms with Gasteiger partial charge in [-0.1, -0.05) is 37.7 Å². The summed E-state index contributed by atoms with van der Waals surface area (Å²) in [5.41, 5.74) is 3.45. The minimum atomic E-state index is -0.659. The highest BCUT2D eigenvalue weighted by Gasteiger charge is 2.27. The Bertz CT molecular complexity index is 915. The van der Waals surface area contributed by atoms with Crippen molar-refractivity contribution in [1.82, 2.24) is 4.98 Å². The Morgan fingerprint density at radius 1 is 1.30 bits per heavy atom. The van der Waals surface area contributed by atoms with Crippen LogP contribution >= 0.6 is 0 Å². The fourth-order valence-corrected chi connectivity index (χ4v) is 3.12. The lowest BCUT2D eigenvalue weighted by molar-refractivity contribution is -0.110. The van der Waals surface area contributed by atoms with Gasteiger partial charge in [0.1, 0.15) is 11.9 Å². The third-order valence-corrected chi connectivity index (χ3v) is 4.53. The van der Waals surface area contributed by atoms with Crippen molar-refractivity contribution < 1.29 is 14.6 Å². The zero-order chi connectivity index (χ0) is 19.2. The van der Waals surface area contributed by atoms with Gasteiger partial charge in [-0.05, 0) is 37.1 Å². The van der Waals surface area contributed by atoms with Crippen LogP contribution in [0, 0.1) is 11.8 Å². The number of unbranched alkanes of at least 4 members (excludes halogenated alkanes) is 2. The van der Waals surface area contributed by atoms with Crippen LogP contribution in [0.2, 0.25) is 0 Å². The van der Waals surface area contributed by atoms with Gasteiger partial charge in [0.25, 0.3) is 5.91 Å². The van der Waals surface area contributed by atoms with Gasteiger partial charge in [0.15, 0.2) is 0 Å². The fraction of sp³-hybridized carbons (Fsp3) is 0.318. The van der Waals surface area contributed by atoms with Gasteiger partial charge < -0.3 is 20.1 Å². The number of carbonyl (C=O) groups is 1. The molecular formula is C22H24N2O3. The molecule has 2 heterocycles. The number of aliphatic hydroxyl groups excluding tert-OH is 1. The van der Waals surface area contributed by atoms with Crippen molar-refractivity contribution in [2.45, 2.75) is 38.7 Å². The molecule has 0 unspecified atom stereocenters. The molecule has 3 rings (SSSR count). The largest absolute Gasteiger partial charge is 0.495 e. The predicted octanol–water partition coefficient (Wildman–Crippen LogP) is 3.81. The van der Waals surface area contributed by atoms with E-state index in [1.165, 1.54) is 0 Å². The molecule has 0 spiro atoms. The van der Waals surface area contributed by atoms with Gasteiger partial charge in [-0.15, -0.1) is 0 Å². The van der Waals surface area contributed by atoms with Gasteiger partial charge in [0.2, 0.25) is 0 Å². The zero-order valence-corrected chi connectivity index (χ0v) is 15.6. The Labute approximate surface area is 159 Å². The van der Waals surface area contributed by atoms with Crippen molar-refractivity contribution in [2.24, 2.45) is 0 Å². The lowest BCUT2D eigenvalue weighted by Crippen LogP contribution is -2.04. The average molecular weight is 364 g/mol. The SMILES string of the molecule is CCCCC[C@@H](O)C#Cc1cccc2c1C(=Cc1[nH]ccc1OC)C(=O)N2. The Morgan fingerprint density at radius 2 is 2.15 bits per heavy atom. The van der Waals surface area contributed by atoms with Crippen LogP contribution in [0.1, 0.15) is 49.4 Å². The zero-order valence-electron chi connectivity index (χ0n) is 15.6. The predicted molar refractivity (Wildman–Crippen MR) is 107 cm³/mol. The molecule has 1 aliphatic rings. The van der Waals surface area contributed by atoms with Crippen molar-refractivity contribution >= 4 is 23.2 Å². The molecule has 0 saturated carbocycles. The summed E-state index contributed by atoms with van der Waals surface area (Å²) in [5, 5.41) is 13.0. The van der Waals surface area contributed by atoms with Crippen LogP contribution in [0.15, 0.2) is 30.5 Å². The van der Waals surface area contributed by atoms with Crippen LogP contribution in [-0.2, 0) is 4.79 Å². The minimum Gasteiger partial charge on any atom is -0.495 e. The number of benzene rings is 1. The summed E-state index contributed by atoms with van der Waals surface area (Å²) in [5.74, 6) is 6.45. The number of aromatic amines is 1. The van der Waals surface area contributed by atoms with Crippen molar-refractivity contribution in [3.8, 4) is 17.6 Å². The molecule has 1 aromatic carbocycles. The Kier molecular flexibility index (Phi) is 6.00. The highest BCUT2D eigenvalue weighted by Crippen LogP contribution is 2.36. The quantitative estimate of drug-likeness (QED) is 0.414. The molecule has 0 aliphatic carbocycles. The molecule has 0 fully saturated rings. The van der Waals surface area contributed by atoms with E-state index in [0.717, 1.165) is 41.8 Å². The topological polar surface area (TPSA) is 74.3 Å². The summed E-state index contributed by atoms with van der Waals surface area (Å²) in [6, 6.07) is 7.37. The summed E-state index contributed by atoms with van der Waals surface area (Å²) in [6.07, 6.45) is 6.68. The third-order valence-electron chi connectivity index (χ3n) is 4.53. The second-order valence-electron chi connectivity index (χ2n) is 6.48. The van der Waals surface area contributed by atoms with E-state index < -0.39 is 6.10 Å². The van der Waals surface area contributed by atoms with Gasteiger partial charge in [-0.3, -0.25) is 4.79 Å². The maximum Gasteiger partial charge on any atom is 0.256 e. The average Bonchev–Trinajstić information content (AvgIpc) is 3.24. The molecule has 2 aromatic rings. The van der Waals surface area contributed by atoms with Crippen molar-refractivity contribution in [3.05, 3.63) is 47.3 Å². The number of amides is 1. The first kappa shape index (κ1) is 18.8. The van der Waals surface area contributed by atoms with E-state index in [2.05, 4.69) is 29.1 Å². The van der Waals surface area contributed by atoms with Crippen LogP contribution in [0.5, 0.6) is 5.75 Å². The lowest BCUT2D eigenvalue weighted by atomic mass is 9.99. The number of nitrogens with one attached hydrogen (secondary N) is 2.